The van der Waals surface area contributed by atoms with E-state index in [0.29, 0.717) is 57.4 Å². The lowest BCUT2D eigenvalue weighted by molar-refractivity contribution is -0.159. The van der Waals surface area contributed by atoms with Crippen LogP contribution in [0.5, 0.6) is 0 Å². The van der Waals surface area contributed by atoms with E-state index in [-0.39, 0.29) is 17.9 Å². The normalized spacial score (nSPS) is 16.1. The van der Waals surface area contributed by atoms with Crippen molar-refractivity contribution in [1.29, 1.82) is 0 Å². The number of esters is 1. The second-order valence-corrected chi connectivity index (χ2v) is 9.42. The van der Waals surface area contributed by atoms with Gasteiger partial charge in [-0.3, -0.25) is 9.78 Å². The molecule has 1 fully saturated rings. The summed E-state index contributed by atoms with van der Waals surface area (Å²) in [4.78, 5) is 31.1. The molecule has 0 unspecified atom stereocenters. The number of carbonyl (C=O) groups excluding carboxylic acids is 2. The molecular formula is C25H33FN2O4. The highest BCUT2D eigenvalue weighted by molar-refractivity contribution is 5.82. The Bertz CT molecular complexity index is 962. The quantitative estimate of drug-likeness (QED) is 0.567. The maximum absolute atomic E-state index is 14.5. The van der Waals surface area contributed by atoms with Crippen molar-refractivity contribution in [3.8, 4) is 0 Å². The highest BCUT2D eigenvalue weighted by atomic mass is 19.1. The fraction of sp³-hybridized carbons (Fsp3) is 0.560. The molecule has 1 aliphatic heterocycles. The van der Waals surface area contributed by atoms with Crippen molar-refractivity contribution in [3.05, 3.63) is 41.8 Å². The molecule has 2 aromatic rings. The van der Waals surface area contributed by atoms with Gasteiger partial charge in [0.25, 0.3) is 0 Å². The number of hydrogen-bond acceptors (Lipinski definition) is 5. The van der Waals surface area contributed by atoms with Gasteiger partial charge in [0, 0.05) is 18.5 Å². The summed E-state index contributed by atoms with van der Waals surface area (Å²) >= 11 is 0. The summed E-state index contributed by atoms with van der Waals surface area (Å²) < 4.78 is 25.4. The third-order valence-electron chi connectivity index (χ3n) is 6.00. The van der Waals surface area contributed by atoms with Gasteiger partial charge in [-0.25, -0.2) is 9.18 Å². The molecule has 0 saturated carbocycles. The van der Waals surface area contributed by atoms with Crippen LogP contribution < -0.4 is 0 Å². The number of hydrogen-bond donors (Lipinski definition) is 0. The van der Waals surface area contributed by atoms with Crippen molar-refractivity contribution in [2.45, 2.75) is 65.4 Å². The molecule has 6 nitrogen and oxygen atoms in total. The fourth-order valence-corrected chi connectivity index (χ4v) is 4.32. The van der Waals surface area contributed by atoms with Crippen molar-refractivity contribution in [1.82, 2.24) is 9.88 Å². The number of aryl methyl sites for hydroxylation is 1. The van der Waals surface area contributed by atoms with E-state index in [4.69, 9.17) is 9.47 Å². The van der Waals surface area contributed by atoms with Crippen LogP contribution in [0, 0.1) is 11.2 Å². The van der Waals surface area contributed by atoms with Gasteiger partial charge in [0.2, 0.25) is 0 Å². The van der Waals surface area contributed by atoms with Gasteiger partial charge in [-0.05, 0) is 71.4 Å². The predicted octanol–water partition coefficient (Wildman–Crippen LogP) is 5.28. The van der Waals surface area contributed by atoms with Crippen LogP contribution in [-0.4, -0.2) is 47.2 Å². The first-order valence-electron chi connectivity index (χ1n) is 11.3. The molecule has 0 aliphatic carbocycles. The summed E-state index contributed by atoms with van der Waals surface area (Å²) in [7, 11) is 0. The SMILES string of the molecule is CCOC(=O)C1(CCCc2c(F)cnc3ccccc23)CCN(C(=O)OC(C)(C)C)CC1. The lowest BCUT2D eigenvalue weighted by Gasteiger charge is -2.40. The van der Waals surface area contributed by atoms with E-state index in [1.165, 1.54) is 6.20 Å². The Hall–Kier alpha value is -2.70. The van der Waals surface area contributed by atoms with Crippen LogP contribution in [0.3, 0.4) is 0 Å². The lowest BCUT2D eigenvalue weighted by atomic mass is 9.74. The van der Waals surface area contributed by atoms with Crippen LogP contribution in [0.15, 0.2) is 30.5 Å². The average molecular weight is 445 g/mol. The molecule has 0 radical (unpaired) electrons. The van der Waals surface area contributed by atoms with E-state index in [2.05, 4.69) is 4.98 Å². The minimum absolute atomic E-state index is 0.233. The van der Waals surface area contributed by atoms with Gasteiger partial charge in [0.15, 0.2) is 0 Å². The molecule has 32 heavy (non-hydrogen) atoms. The van der Waals surface area contributed by atoms with Crippen molar-refractivity contribution >= 4 is 23.0 Å². The summed E-state index contributed by atoms with van der Waals surface area (Å²) in [6, 6.07) is 7.50. The molecule has 0 N–H and O–H groups in total. The standard InChI is InChI=1S/C25H33FN2O4/c1-5-31-22(29)25(13-15-28(16-14-25)23(30)32-24(2,3)4)12-8-10-18-19-9-6-7-11-21(19)27-17-20(18)26/h6-7,9,11,17H,5,8,10,12-16H2,1-4H3. The first-order chi connectivity index (χ1) is 15.1. The summed E-state index contributed by atoms with van der Waals surface area (Å²) in [5.74, 6) is -0.558. The zero-order chi connectivity index (χ0) is 23.4. The molecule has 2 heterocycles. The number of nitrogens with zero attached hydrogens (tertiary/aromatic N) is 2. The Morgan fingerprint density at radius 3 is 2.53 bits per heavy atom. The predicted molar refractivity (Wildman–Crippen MR) is 121 cm³/mol. The van der Waals surface area contributed by atoms with E-state index >= 15 is 0 Å². The number of halogens is 1. The van der Waals surface area contributed by atoms with E-state index in [0.717, 1.165) is 10.9 Å². The third kappa shape index (κ3) is 5.56. The average Bonchev–Trinajstić information content (AvgIpc) is 2.74. The second-order valence-electron chi connectivity index (χ2n) is 9.42. The van der Waals surface area contributed by atoms with Crippen LogP contribution in [0.1, 0.15) is 58.9 Å². The van der Waals surface area contributed by atoms with Crippen molar-refractivity contribution in [3.63, 3.8) is 0 Å². The molecule has 1 aromatic heterocycles. The Balaban J connectivity index is 1.70. The number of benzene rings is 1. The van der Waals surface area contributed by atoms with Crippen LogP contribution >= 0.6 is 0 Å². The fourth-order valence-electron chi connectivity index (χ4n) is 4.32. The summed E-state index contributed by atoms with van der Waals surface area (Å²) in [6.07, 6.45) is 3.62. The molecule has 1 aromatic carbocycles. The second kappa shape index (κ2) is 9.84. The molecule has 7 heteroatoms. The minimum atomic E-state index is -0.673. The molecule has 1 amide bonds. The highest BCUT2D eigenvalue weighted by Gasteiger charge is 2.43. The minimum Gasteiger partial charge on any atom is -0.466 e. The van der Waals surface area contributed by atoms with Crippen molar-refractivity contribution in [2.24, 2.45) is 5.41 Å². The smallest absolute Gasteiger partial charge is 0.410 e. The van der Waals surface area contributed by atoms with Gasteiger partial charge in [0.05, 0.1) is 23.7 Å². The Labute approximate surface area is 189 Å². The monoisotopic (exact) mass is 444 g/mol. The molecule has 0 atom stereocenters. The van der Waals surface area contributed by atoms with Crippen LogP contribution in [0.2, 0.25) is 0 Å². The maximum atomic E-state index is 14.5. The number of piperidine rings is 1. The van der Waals surface area contributed by atoms with Crippen LogP contribution in [-0.2, 0) is 20.7 Å². The van der Waals surface area contributed by atoms with Gasteiger partial charge < -0.3 is 14.4 Å². The van der Waals surface area contributed by atoms with Gasteiger partial charge in [0.1, 0.15) is 11.4 Å². The summed E-state index contributed by atoms with van der Waals surface area (Å²) in [5.41, 5.74) is 0.147. The number of carbonyl (C=O) groups is 2. The lowest BCUT2D eigenvalue weighted by Crippen LogP contribution is -2.48. The Morgan fingerprint density at radius 1 is 1.19 bits per heavy atom. The van der Waals surface area contributed by atoms with Gasteiger partial charge in [-0.2, -0.15) is 0 Å². The maximum Gasteiger partial charge on any atom is 0.410 e. The summed E-state index contributed by atoms with van der Waals surface area (Å²) in [5, 5.41) is 0.803. The molecule has 3 rings (SSSR count). The van der Waals surface area contributed by atoms with E-state index < -0.39 is 11.0 Å². The van der Waals surface area contributed by atoms with E-state index in [1.807, 2.05) is 45.0 Å². The third-order valence-corrected chi connectivity index (χ3v) is 6.00. The number of aromatic nitrogens is 1. The van der Waals surface area contributed by atoms with Crippen molar-refractivity contribution in [2.75, 3.05) is 19.7 Å². The molecule has 174 valence electrons. The number of amides is 1. The van der Waals surface area contributed by atoms with Crippen LogP contribution in [0.4, 0.5) is 9.18 Å². The number of para-hydroxylation sites is 1. The topological polar surface area (TPSA) is 68.7 Å². The number of fused-ring (bicyclic) bond motifs is 1. The molecule has 1 aliphatic rings. The van der Waals surface area contributed by atoms with E-state index in [9.17, 15) is 14.0 Å². The largest absolute Gasteiger partial charge is 0.466 e. The number of ether oxygens (including phenoxy) is 2. The van der Waals surface area contributed by atoms with Crippen molar-refractivity contribution < 1.29 is 23.5 Å². The first kappa shape index (κ1) is 24.0. The Morgan fingerprint density at radius 2 is 1.88 bits per heavy atom. The molecule has 0 bridgehead atoms. The first-order valence-corrected chi connectivity index (χ1v) is 11.3. The summed E-state index contributed by atoms with van der Waals surface area (Å²) in [6.45, 7) is 8.46. The van der Waals surface area contributed by atoms with Gasteiger partial charge in [-0.1, -0.05) is 18.2 Å². The number of rotatable bonds is 6. The highest BCUT2D eigenvalue weighted by Crippen LogP contribution is 2.39. The van der Waals surface area contributed by atoms with Crippen LogP contribution in [0.25, 0.3) is 10.9 Å². The van der Waals surface area contributed by atoms with Gasteiger partial charge >= 0.3 is 12.1 Å². The molecule has 1 saturated heterocycles. The number of likely N-dealkylation sites (tertiary alicyclic amines) is 1. The van der Waals surface area contributed by atoms with E-state index in [1.54, 1.807) is 11.8 Å². The molecular weight excluding hydrogens is 411 g/mol. The number of pyridine rings is 1. The zero-order valence-corrected chi connectivity index (χ0v) is 19.4. The molecule has 0 spiro atoms. The van der Waals surface area contributed by atoms with Gasteiger partial charge in [-0.15, -0.1) is 0 Å². The Kier molecular flexibility index (Phi) is 7.36. The zero-order valence-electron chi connectivity index (χ0n) is 19.4.